The van der Waals surface area contributed by atoms with Crippen molar-refractivity contribution in [2.24, 2.45) is 0 Å². The second kappa shape index (κ2) is 9.33. The van der Waals surface area contributed by atoms with E-state index in [1.54, 1.807) is 0 Å². The first kappa shape index (κ1) is 19.9. The molecule has 3 amide bonds. The highest BCUT2D eigenvalue weighted by atomic mass is 19.1. The van der Waals surface area contributed by atoms with Gasteiger partial charge < -0.3 is 14.8 Å². The predicted molar refractivity (Wildman–Crippen MR) is 94.6 cm³/mol. The molecule has 0 fully saturated rings. The molecule has 7 nitrogen and oxygen atoms in total. The Bertz CT molecular complexity index is 826. The van der Waals surface area contributed by atoms with Crippen molar-refractivity contribution < 1.29 is 28.2 Å². The number of amides is 3. The molecule has 0 aliphatic carbocycles. The van der Waals surface area contributed by atoms with E-state index in [1.165, 1.54) is 26.2 Å². The number of nitrogens with one attached hydrogen (secondary N) is 2. The SMILES string of the molecule is COc1ccc(C(=O)O[C@H](C)C(=O)NC(=O)NCc2ccccc2)c(F)c1. The molecule has 0 aliphatic heterocycles. The minimum Gasteiger partial charge on any atom is -0.497 e. The summed E-state index contributed by atoms with van der Waals surface area (Å²) >= 11 is 0. The van der Waals surface area contributed by atoms with Crippen LogP contribution < -0.4 is 15.4 Å². The van der Waals surface area contributed by atoms with Crippen LogP contribution in [0.3, 0.4) is 0 Å². The fraction of sp³-hybridized carbons (Fsp3) is 0.211. The number of esters is 1. The van der Waals surface area contributed by atoms with Gasteiger partial charge in [-0.3, -0.25) is 10.1 Å². The Morgan fingerprint density at radius 3 is 2.44 bits per heavy atom. The summed E-state index contributed by atoms with van der Waals surface area (Å²) in [6.45, 7) is 1.50. The first-order valence-electron chi connectivity index (χ1n) is 8.08. The highest BCUT2D eigenvalue weighted by molar-refractivity contribution is 5.98. The molecule has 2 aromatic carbocycles. The molecule has 1 atom stereocenters. The zero-order valence-corrected chi connectivity index (χ0v) is 14.8. The van der Waals surface area contributed by atoms with Crippen molar-refractivity contribution in [3.05, 3.63) is 65.5 Å². The number of halogens is 1. The van der Waals surface area contributed by atoms with Crippen molar-refractivity contribution in [1.29, 1.82) is 0 Å². The lowest BCUT2D eigenvalue weighted by atomic mass is 10.2. The van der Waals surface area contributed by atoms with E-state index in [2.05, 4.69) is 10.6 Å². The van der Waals surface area contributed by atoms with Gasteiger partial charge in [-0.15, -0.1) is 0 Å². The standard InChI is InChI=1S/C19H19FN2O5/c1-12(27-18(24)15-9-8-14(26-2)10-16(15)20)17(23)22-19(25)21-11-13-6-4-3-5-7-13/h3-10,12H,11H2,1-2H3,(H2,21,22,23,25)/t12-/m1/s1. The van der Waals surface area contributed by atoms with Gasteiger partial charge in [0, 0.05) is 12.6 Å². The summed E-state index contributed by atoms with van der Waals surface area (Å²) in [5, 5.41) is 4.57. The molecule has 0 aromatic heterocycles. The molecule has 0 unspecified atom stereocenters. The van der Waals surface area contributed by atoms with Crippen LogP contribution in [-0.2, 0) is 16.1 Å². The smallest absolute Gasteiger partial charge is 0.341 e. The summed E-state index contributed by atoms with van der Waals surface area (Å²) in [7, 11) is 1.36. The lowest BCUT2D eigenvalue weighted by molar-refractivity contribution is -0.127. The molecule has 2 N–H and O–H groups in total. The quantitative estimate of drug-likeness (QED) is 0.758. The fourth-order valence-corrected chi connectivity index (χ4v) is 2.10. The average molecular weight is 374 g/mol. The second-order valence-electron chi connectivity index (χ2n) is 5.55. The molecule has 2 rings (SSSR count). The van der Waals surface area contributed by atoms with Crippen LogP contribution in [0.1, 0.15) is 22.8 Å². The van der Waals surface area contributed by atoms with Crippen molar-refractivity contribution in [3.63, 3.8) is 0 Å². The summed E-state index contributed by atoms with van der Waals surface area (Å²) in [5.74, 6) is -2.46. The number of methoxy groups -OCH3 is 1. The van der Waals surface area contributed by atoms with Gasteiger partial charge in [0.2, 0.25) is 0 Å². The molecule has 2 aromatic rings. The van der Waals surface area contributed by atoms with E-state index in [0.29, 0.717) is 0 Å². The Hall–Kier alpha value is -3.42. The highest BCUT2D eigenvalue weighted by Gasteiger charge is 2.22. The average Bonchev–Trinajstić information content (AvgIpc) is 2.66. The number of hydrogen-bond acceptors (Lipinski definition) is 5. The number of hydrogen-bond donors (Lipinski definition) is 2. The number of ether oxygens (including phenoxy) is 2. The molecular weight excluding hydrogens is 355 g/mol. The third-order valence-corrected chi connectivity index (χ3v) is 3.58. The molecule has 0 heterocycles. The number of carbonyl (C=O) groups is 3. The summed E-state index contributed by atoms with van der Waals surface area (Å²) in [6, 6.07) is 12.0. The van der Waals surface area contributed by atoms with E-state index < -0.39 is 29.8 Å². The maximum Gasteiger partial charge on any atom is 0.341 e. The van der Waals surface area contributed by atoms with Crippen LogP contribution in [0.15, 0.2) is 48.5 Å². The van der Waals surface area contributed by atoms with Crippen LogP contribution in [0.25, 0.3) is 0 Å². The third-order valence-electron chi connectivity index (χ3n) is 3.58. The van der Waals surface area contributed by atoms with Crippen LogP contribution in [-0.4, -0.2) is 31.1 Å². The van der Waals surface area contributed by atoms with Gasteiger partial charge in [-0.05, 0) is 24.6 Å². The lowest BCUT2D eigenvalue weighted by Gasteiger charge is -2.14. The molecule has 27 heavy (non-hydrogen) atoms. The number of imide groups is 1. The van der Waals surface area contributed by atoms with Crippen LogP contribution in [0.2, 0.25) is 0 Å². The Labute approximate surface area is 155 Å². The molecule has 0 aliphatic rings. The van der Waals surface area contributed by atoms with Gasteiger partial charge in [-0.25, -0.2) is 14.0 Å². The van der Waals surface area contributed by atoms with E-state index in [0.717, 1.165) is 11.6 Å². The van der Waals surface area contributed by atoms with Crippen LogP contribution >= 0.6 is 0 Å². The van der Waals surface area contributed by atoms with Crippen LogP contribution in [0.5, 0.6) is 5.75 Å². The molecule has 0 saturated heterocycles. The number of carbonyl (C=O) groups excluding carboxylic acids is 3. The zero-order chi connectivity index (χ0) is 19.8. The third kappa shape index (κ3) is 5.81. The van der Waals surface area contributed by atoms with Crippen molar-refractivity contribution in [2.75, 3.05) is 7.11 Å². The van der Waals surface area contributed by atoms with Gasteiger partial charge in [-0.2, -0.15) is 0 Å². The Morgan fingerprint density at radius 1 is 1.11 bits per heavy atom. The zero-order valence-electron chi connectivity index (χ0n) is 14.8. The predicted octanol–water partition coefficient (Wildman–Crippen LogP) is 2.41. The van der Waals surface area contributed by atoms with E-state index in [1.807, 2.05) is 30.3 Å². The van der Waals surface area contributed by atoms with Gasteiger partial charge >= 0.3 is 12.0 Å². The Kier molecular flexibility index (Phi) is 6.87. The molecule has 8 heteroatoms. The molecule has 0 saturated carbocycles. The summed E-state index contributed by atoms with van der Waals surface area (Å²) < 4.78 is 23.6. The minimum absolute atomic E-state index is 0.227. The van der Waals surface area contributed by atoms with Gasteiger partial charge in [0.25, 0.3) is 5.91 Å². The van der Waals surface area contributed by atoms with Crippen molar-refractivity contribution in [1.82, 2.24) is 10.6 Å². The number of benzene rings is 2. The van der Waals surface area contributed by atoms with Crippen molar-refractivity contribution in [2.45, 2.75) is 19.6 Å². The largest absolute Gasteiger partial charge is 0.497 e. The van der Waals surface area contributed by atoms with E-state index >= 15 is 0 Å². The maximum atomic E-state index is 13.9. The number of rotatable bonds is 6. The Morgan fingerprint density at radius 2 is 1.81 bits per heavy atom. The van der Waals surface area contributed by atoms with Crippen molar-refractivity contribution in [3.8, 4) is 5.75 Å². The molecule has 0 spiro atoms. The maximum absolute atomic E-state index is 13.9. The second-order valence-corrected chi connectivity index (χ2v) is 5.55. The monoisotopic (exact) mass is 374 g/mol. The van der Waals surface area contributed by atoms with E-state index in [4.69, 9.17) is 9.47 Å². The van der Waals surface area contributed by atoms with Crippen LogP contribution in [0, 0.1) is 5.82 Å². The summed E-state index contributed by atoms with van der Waals surface area (Å²) in [6.07, 6.45) is -1.29. The molecular formula is C19H19FN2O5. The van der Waals surface area contributed by atoms with Gasteiger partial charge in [0.15, 0.2) is 6.10 Å². The normalized spacial score (nSPS) is 11.2. The van der Waals surface area contributed by atoms with Gasteiger partial charge in [0.1, 0.15) is 11.6 Å². The highest BCUT2D eigenvalue weighted by Crippen LogP contribution is 2.17. The summed E-state index contributed by atoms with van der Waals surface area (Å²) in [5.41, 5.74) is 0.513. The van der Waals surface area contributed by atoms with E-state index in [9.17, 15) is 18.8 Å². The first-order chi connectivity index (χ1) is 12.9. The van der Waals surface area contributed by atoms with Crippen molar-refractivity contribution >= 4 is 17.9 Å². The van der Waals surface area contributed by atoms with Gasteiger partial charge in [-0.1, -0.05) is 30.3 Å². The minimum atomic E-state index is -1.29. The van der Waals surface area contributed by atoms with E-state index in [-0.39, 0.29) is 17.9 Å². The molecule has 0 radical (unpaired) electrons. The fourth-order valence-electron chi connectivity index (χ4n) is 2.10. The first-order valence-corrected chi connectivity index (χ1v) is 8.08. The summed E-state index contributed by atoms with van der Waals surface area (Å²) in [4.78, 5) is 35.7. The molecule has 0 bridgehead atoms. The van der Waals surface area contributed by atoms with Crippen LogP contribution in [0.4, 0.5) is 9.18 Å². The number of urea groups is 1. The Balaban J connectivity index is 1.85. The van der Waals surface area contributed by atoms with Gasteiger partial charge in [0.05, 0.1) is 12.7 Å². The lowest BCUT2D eigenvalue weighted by Crippen LogP contribution is -2.44. The topological polar surface area (TPSA) is 93.7 Å². The molecule has 142 valence electrons.